The predicted molar refractivity (Wildman–Crippen MR) is 108 cm³/mol. The maximum absolute atomic E-state index is 12.3. The molecule has 7 heteroatoms. The van der Waals surface area contributed by atoms with Gasteiger partial charge in [0.1, 0.15) is 5.82 Å². The summed E-state index contributed by atoms with van der Waals surface area (Å²) in [6, 6.07) is 10.4. The van der Waals surface area contributed by atoms with E-state index < -0.39 is 0 Å². The summed E-state index contributed by atoms with van der Waals surface area (Å²) in [6.45, 7) is 5.81. The number of nitrogens with zero attached hydrogens (tertiary/aromatic N) is 4. The van der Waals surface area contributed by atoms with Crippen LogP contribution in [0.25, 0.3) is 0 Å². The van der Waals surface area contributed by atoms with E-state index in [0.29, 0.717) is 13.1 Å². The molecular weight excluding hydrogens is 340 g/mol. The van der Waals surface area contributed by atoms with E-state index in [2.05, 4.69) is 51.9 Å². The van der Waals surface area contributed by atoms with Crippen molar-refractivity contribution in [3.8, 4) is 0 Å². The Morgan fingerprint density at radius 2 is 2.07 bits per heavy atom. The van der Waals surface area contributed by atoms with Gasteiger partial charge in [-0.05, 0) is 38.2 Å². The van der Waals surface area contributed by atoms with Gasteiger partial charge in [0.15, 0.2) is 5.96 Å². The molecule has 0 saturated heterocycles. The summed E-state index contributed by atoms with van der Waals surface area (Å²) in [5.74, 6) is 1.76. The Kier molecular flexibility index (Phi) is 7.07. The van der Waals surface area contributed by atoms with Gasteiger partial charge in [-0.25, -0.2) is 9.48 Å². The fourth-order valence-electron chi connectivity index (χ4n) is 3.32. The molecule has 1 aromatic heterocycles. The van der Waals surface area contributed by atoms with E-state index in [1.165, 1.54) is 5.56 Å². The van der Waals surface area contributed by atoms with Crippen molar-refractivity contribution >= 4 is 5.96 Å². The first-order valence-corrected chi connectivity index (χ1v) is 10.0. The Hall–Kier alpha value is -2.57. The molecule has 0 radical (unpaired) electrons. The zero-order valence-corrected chi connectivity index (χ0v) is 16.2. The molecule has 0 saturated carbocycles. The van der Waals surface area contributed by atoms with E-state index in [-0.39, 0.29) is 5.69 Å². The summed E-state index contributed by atoms with van der Waals surface area (Å²) in [5, 5.41) is 11.1. The van der Waals surface area contributed by atoms with Gasteiger partial charge in [-0.1, -0.05) is 30.3 Å². The second-order valence-electron chi connectivity index (χ2n) is 6.81. The average molecular weight is 371 g/mol. The molecule has 0 spiro atoms. The zero-order chi connectivity index (χ0) is 18.9. The molecule has 0 unspecified atom stereocenters. The maximum Gasteiger partial charge on any atom is 0.345 e. The van der Waals surface area contributed by atoms with Crippen LogP contribution in [-0.4, -0.2) is 39.9 Å². The molecule has 1 aliphatic heterocycles. The second-order valence-corrected chi connectivity index (χ2v) is 6.81. The van der Waals surface area contributed by atoms with Crippen molar-refractivity contribution in [2.75, 3.05) is 19.6 Å². The number of hydrogen-bond donors (Lipinski definition) is 2. The van der Waals surface area contributed by atoms with Crippen LogP contribution >= 0.6 is 0 Å². The third-order valence-electron chi connectivity index (χ3n) is 4.72. The number of guanidine groups is 1. The van der Waals surface area contributed by atoms with Gasteiger partial charge < -0.3 is 10.6 Å². The lowest BCUT2D eigenvalue weighted by Crippen LogP contribution is -2.38. The lowest BCUT2D eigenvalue weighted by molar-refractivity contribution is 0.509. The standard InChI is InChI=1S/C20H30N6O/c1-2-21-19(23-14-12-17-9-4-3-5-10-17)22-13-8-16-26-20(27)25-15-7-6-11-18(25)24-26/h3-5,9-10H,2,6-8,11-16H2,1H3,(H2,21,22,23). The number of aryl methyl sites for hydroxylation is 2. The summed E-state index contributed by atoms with van der Waals surface area (Å²) in [4.78, 5) is 16.9. The molecule has 2 N–H and O–H groups in total. The fraction of sp³-hybridized carbons (Fsp3) is 0.550. The normalized spacial score (nSPS) is 14.0. The number of rotatable bonds is 8. The Labute approximate surface area is 160 Å². The first kappa shape index (κ1) is 19.2. The molecule has 7 nitrogen and oxygen atoms in total. The molecule has 0 bridgehead atoms. The Morgan fingerprint density at radius 1 is 1.22 bits per heavy atom. The van der Waals surface area contributed by atoms with Crippen molar-refractivity contribution in [2.24, 2.45) is 4.99 Å². The summed E-state index contributed by atoms with van der Waals surface area (Å²) in [5.41, 5.74) is 1.34. The summed E-state index contributed by atoms with van der Waals surface area (Å²) in [6.07, 6.45) is 4.87. The van der Waals surface area contributed by atoms with Crippen molar-refractivity contribution in [2.45, 2.75) is 52.1 Å². The van der Waals surface area contributed by atoms with Gasteiger partial charge in [-0.2, -0.15) is 5.10 Å². The number of nitrogens with one attached hydrogen (secondary N) is 2. The quantitative estimate of drug-likeness (QED) is 0.420. The smallest absolute Gasteiger partial charge is 0.345 e. The molecule has 0 atom stereocenters. The minimum absolute atomic E-state index is 0.0292. The van der Waals surface area contributed by atoms with Gasteiger partial charge in [-0.15, -0.1) is 0 Å². The molecule has 0 amide bonds. The van der Waals surface area contributed by atoms with Crippen molar-refractivity contribution < 1.29 is 0 Å². The molecule has 146 valence electrons. The van der Waals surface area contributed by atoms with E-state index in [1.54, 1.807) is 4.68 Å². The van der Waals surface area contributed by atoms with Gasteiger partial charge in [0.25, 0.3) is 0 Å². The lowest BCUT2D eigenvalue weighted by Gasteiger charge is -2.11. The van der Waals surface area contributed by atoms with E-state index >= 15 is 0 Å². The minimum Gasteiger partial charge on any atom is -0.357 e. The maximum atomic E-state index is 12.3. The minimum atomic E-state index is 0.0292. The van der Waals surface area contributed by atoms with Crippen LogP contribution in [0.15, 0.2) is 40.1 Å². The molecular formula is C20H30N6O. The van der Waals surface area contributed by atoms with E-state index in [1.807, 2.05) is 10.6 Å². The summed E-state index contributed by atoms with van der Waals surface area (Å²) >= 11 is 0. The Balaban J connectivity index is 1.46. The monoisotopic (exact) mass is 370 g/mol. The molecule has 2 heterocycles. The molecule has 3 rings (SSSR count). The van der Waals surface area contributed by atoms with E-state index in [9.17, 15) is 4.79 Å². The Bertz CT molecular complexity index is 793. The second kappa shape index (κ2) is 9.94. The largest absolute Gasteiger partial charge is 0.357 e. The highest BCUT2D eigenvalue weighted by Gasteiger charge is 2.16. The van der Waals surface area contributed by atoms with Crippen LogP contribution in [0, 0.1) is 0 Å². The van der Waals surface area contributed by atoms with Gasteiger partial charge in [0.05, 0.1) is 0 Å². The molecule has 1 aromatic carbocycles. The topological polar surface area (TPSA) is 76.2 Å². The van der Waals surface area contributed by atoms with Crippen LogP contribution < -0.4 is 16.3 Å². The van der Waals surface area contributed by atoms with Crippen molar-refractivity contribution in [3.63, 3.8) is 0 Å². The average Bonchev–Trinajstić information content (AvgIpc) is 3.02. The summed E-state index contributed by atoms with van der Waals surface area (Å²) < 4.78 is 3.42. The first-order valence-electron chi connectivity index (χ1n) is 10.0. The molecule has 0 fully saturated rings. The van der Waals surface area contributed by atoms with Crippen molar-refractivity contribution in [1.29, 1.82) is 0 Å². The van der Waals surface area contributed by atoms with Crippen LogP contribution in [0.5, 0.6) is 0 Å². The van der Waals surface area contributed by atoms with Crippen LogP contribution in [0.1, 0.15) is 37.6 Å². The van der Waals surface area contributed by atoms with Crippen LogP contribution in [0.4, 0.5) is 0 Å². The highest BCUT2D eigenvalue weighted by molar-refractivity contribution is 5.79. The van der Waals surface area contributed by atoms with Gasteiger partial charge in [0.2, 0.25) is 0 Å². The number of aromatic nitrogens is 3. The number of aliphatic imine (C=N–C) groups is 1. The van der Waals surface area contributed by atoms with Crippen LogP contribution in [0.2, 0.25) is 0 Å². The fourth-order valence-corrected chi connectivity index (χ4v) is 3.32. The van der Waals surface area contributed by atoms with E-state index in [4.69, 9.17) is 0 Å². The zero-order valence-electron chi connectivity index (χ0n) is 16.2. The van der Waals surface area contributed by atoms with Gasteiger partial charge in [-0.3, -0.25) is 9.56 Å². The SMILES string of the molecule is CCNC(=NCCCn1nc2n(c1=O)CCCC2)NCCc1ccccc1. The number of fused-ring (bicyclic) bond motifs is 1. The Morgan fingerprint density at radius 3 is 2.85 bits per heavy atom. The predicted octanol–water partition coefficient (Wildman–Crippen LogP) is 1.57. The molecule has 0 aliphatic carbocycles. The van der Waals surface area contributed by atoms with Crippen molar-refractivity contribution in [3.05, 3.63) is 52.2 Å². The number of benzene rings is 1. The van der Waals surface area contributed by atoms with Crippen molar-refractivity contribution in [1.82, 2.24) is 25.0 Å². The first-order chi connectivity index (χ1) is 13.3. The molecule has 27 heavy (non-hydrogen) atoms. The third kappa shape index (κ3) is 5.45. The lowest BCUT2D eigenvalue weighted by atomic mass is 10.1. The van der Waals surface area contributed by atoms with E-state index in [0.717, 1.165) is 63.5 Å². The molecule has 2 aromatic rings. The van der Waals surface area contributed by atoms with Gasteiger partial charge >= 0.3 is 5.69 Å². The van der Waals surface area contributed by atoms with Crippen LogP contribution in [-0.2, 0) is 25.9 Å². The summed E-state index contributed by atoms with van der Waals surface area (Å²) in [7, 11) is 0. The van der Waals surface area contributed by atoms with Gasteiger partial charge in [0, 0.05) is 39.1 Å². The molecule has 1 aliphatic rings. The number of hydrogen-bond acceptors (Lipinski definition) is 3. The third-order valence-corrected chi connectivity index (χ3v) is 4.72. The highest BCUT2D eigenvalue weighted by atomic mass is 16.2. The van der Waals surface area contributed by atoms with Crippen LogP contribution in [0.3, 0.4) is 0 Å². The highest BCUT2D eigenvalue weighted by Crippen LogP contribution is 2.09.